The third-order valence-corrected chi connectivity index (χ3v) is 8.54. The predicted octanol–water partition coefficient (Wildman–Crippen LogP) is 9.83. The van der Waals surface area contributed by atoms with Gasteiger partial charge in [0.05, 0.1) is 5.41 Å². The summed E-state index contributed by atoms with van der Waals surface area (Å²) in [6.07, 6.45) is 8.17. The lowest BCUT2D eigenvalue weighted by atomic mass is 9.58. The van der Waals surface area contributed by atoms with Gasteiger partial charge in [-0.15, -0.1) is 0 Å². The molecule has 0 aromatic heterocycles. The Hall–Kier alpha value is -4.24. The van der Waals surface area contributed by atoms with Gasteiger partial charge in [-0.05, 0) is 75.8 Å². The van der Waals surface area contributed by atoms with Crippen LogP contribution in [0.25, 0.3) is 10.8 Å². The molecule has 0 radical (unpaired) electrons. The van der Waals surface area contributed by atoms with Crippen molar-refractivity contribution < 1.29 is 15.3 Å². The van der Waals surface area contributed by atoms with Crippen molar-refractivity contribution in [3.8, 4) is 17.2 Å². The minimum absolute atomic E-state index is 0.0263. The molecule has 0 aliphatic heterocycles. The third kappa shape index (κ3) is 5.95. The second-order valence-corrected chi connectivity index (χ2v) is 11.1. The number of hydrogen-bond acceptors (Lipinski definition) is 3. The van der Waals surface area contributed by atoms with Crippen molar-refractivity contribution in [1.29, 1.82) is 0 Å². The van der Waals surface area contributed by atoms with Gasteiger partial charge < -0.3 is 15.3 Å². The van der Waals surface area contributed by atoms with Crippen molar-refractivity contribution in [2.75, 3.05) is 0 Å². The minimum atomic E-state index is -0.664. The standard InChI is InChI=1S/C38H40O3/c1-2-3-4-5-6-7-15-37(36-14-10-12-28-11-8-9-13-35(28)36)38(29-16-22-32(39)23-17-29,30-18-24-33(40)25-19-30)31-20-26-34(41)27-21-31/h8-14,16-27,37,39-41H,2-7,15H2,1H3. The van der Waals surface area contributed by atoms with E-state index in [1.54, 1.807) is 36.4 Å². The lowest BCUT2D eigenvalue weighted by Crippen LogP contribution is -2.37. The number of hydrogen-bond donors (Lipinski definition) is 3. The molecule has 0 bridgehead atoms. The molecule has 1 atom stereocenters. The summed E-state index contributed by atoms with van der Waals surface area (Å²) in [5.74, 6) is 0.684. The Labute approximate surface area is 243 Å². The molecule has 3 N–H and O–H groups in total. The topological polar surface area (TPSA) is 60.7 Å². The molecule has 0 fully saturated rings. The first-order chi connectivity index (χ1) is 20.0. The largest absolute Gasteiger partial charge is 0.508 e. The molecule has 5 aromatic rings. The highest BCUT2D eigenvalue weighted by Crippen LogP contribution is 2.53. The predicted molar refractivity (Wildman–Crippen MR) is 169 cm³/mol. The molecule has 0 aliphatic rings. The van der Waals surface area contributed by atoms with Crippen molar-refractivity contribution in [2.45, 2.75) is 63.2 Å². The summed E-state index contributed by atoms with van der Waals surface area (Å²) in [5.41, 5.74) is 3.76. The van der Waals surface area contributed by atoms with Gasteiger partial charge in [0.2, 0.25) is 0 Å². The molecule has 0 aliphatic carbocycles. The molecular formula is C38H40O3. The number of rotatable bonds is 12. The highest BCUT2D eigenvalue weighted by molar-refractivity contribution is 5.86. The van der Waals surface area contributed by atoms with Gasteiger partial charge in [-0.3, -0.25) is 0 Å². The van der Waals surface area contributed by atoms with E-state index in [-0.39, 0.29) is 23.2 Å². The summed E-state index contributed by atoms with van der Waals surface area (Å²) in [7, 11) is 0. The van der Waals surface area contributed by atoms with E-state index in [4.69, 9.17) is 0 Å². The monoisotopic (exact) mass is 544 g/mol. The smallest absolute Gasteiger partial charge is 0.115 e. The van der Waals surface area contributed by atoms with E-state index in [2.05, 4.69) is 49.4 Å². The van der Waals surface area contributed by atoms with Gasteiger partial charge in [0.25, 0.3) is 0 Å². The average Bonchev–Trinajstić information content (AvgIpc) is 3.00. The van der Waals surface area contributed by atoms with Crippen LogP contribution in [0.4, 0.5) is 0 Å². The fourth-order valence-electron chi connectivity index (χ4n) is 6.56. The first kappa shape index (κ1) is 28.3. The number of fused-ring (bicyclic) bond motifs is 1. The van der Waals surface area contributed by atoms with E-state index in [9.17, 15) is 15.3 Å². The summed E-state index contributed by atoms with van der Waals surface area (Å²) < 4.78 is 0. The van der Waals surface area contributed by atoms with E-state index in [0.29, 0.717) is 0 Å². The van der Waals surface area contributed by atoms with Crippen molar-refractivity contribution in [3.05, 3.63) is 138 Å². The summed E-state index contributed by atoms with van der Waals surface area (Å²) in [6, 6.07) is 37.9. The number of phenols is 3. The van der Waals surface area contributed by atoms with Crippen LogP contribution in [0.15, 0.2) is 115 Å². The fourth-order valence-corrected chi connectivity index (χ4v) is 6.56. The Morgan fingerprint density at radius 2 is 0.976 bits per heavy atom. The van der Waals surface area contributed by atoms with E-state index in [0.717, 1.165) is 36.0 Å². The highest BCUT2D eigenvalue weighted by Gasteiger charge is 2.44. The van der Waals surface area contributed by atoms with Crippen LogP contribution in [-0.2, 0) is 5.41 Å². The van der Waals surface area contributed by atoms with Gasteiger partial charge in [-0.25, -0.2) is 0 Å². The average molecular weight is 545 g/mol. The molecule has 210 valence electrons. The number of unbranched alkanes of at least 4 members (excludes halogenated alkanes) is 5. The van der Waals surface area contributed by atoms with Gasteiger partial charge >= 0.3 is 0 Å². The van der Waals surface area contributed by atoms with E-state index in [1.807, 2.05) is 36.4 Å². The zero-order valence-corrected chi connectivity index (χ0v) is 23.8. The van der Waals surface area contributed by atoms with Crippen molar-refractivity contribution in [2.24, 2.45) is 0 Å². The van der Waals surface area contributed by atoms with Crippen molar-refractivity contribution >= 4 is 10.8 Å². The Bertz CT molecular complexity index is 1420. The number of aromatic hydroxyl groups is 3. The Morgan fingerprint density at radius 1 is 0.512 bits per heavy atom. The SMILES string of the molecule is CCCCCCCCC(c1cccc2ccccc12)C(c1ccc(O)cc1)(c1ccc(O)cc1)c1ccc(O)cc1. The maximum absolute atomic E-state index is 10.3. The summed E-state index contributed by atoms with van der Waals surface area (Å²) in [5, 5.41) is 33.4. The van der Waals surface area contributed by atoms with Gasteiger partial charge in [0, 0.05) is 5.92 Å². The second kappa shape index (κ2) is 13.0. The van der Waals surface area contributed by atoms with Crippen LogP contribution < -0.4 is 0 Å². The molecule has 3 heteroatoms. The quantitative estimate of drug-likeness (QED) is 0.108. The molecule has 0 saturated heterocycles. The zero-order valence-electron chi connectivity index (χ0n) is 23.8. The molecule has 5 aromatic carbocycles. The molecule has 3 nitrogen and oxygen atoms in total. The molecule has 0 amide bonds. The summed E-state index contributed by atoms with van der Waals surface area (Å²) >= 11 is 0. The normalized spacial score (nSPS) is 12.4. The van der Waals surface area contributed by atoms with Gasteiger partial charge in [0.15, 0.2) is 0 Å². The Balaban J connectivity index is 1.80. The van der Waals surface area contributed by atoms with E-state index in [1.165, 1.54) is 42.0 Å². The molecule has 5 rings (SSSR count). The second-order valence-electron chi connectivity index (χ2n) is 11.1. The van der Waals surface area contributed by atoms with Crippen LogP contribution in [0, 0.1) is 0 Å². The maximum Gasteiger partial charge on any atom is 0.115 e. The summed E-state index contributed by atoms with van der Waals surface area (Å²) in [4.78, 5) is 0. The fraction of sp³-hybridized carbons (Fsp3) is 0.263. The Kier molecular flexibility index (Phi) is 8.94. The summed E-state index contributed by atoms with van der Waals surface area (Å²) in [6.45, 7) is 2.25. The van der Waals surface area contributed by atoms with Crippen LogP contribution in [-0.4, -0.2) is 15.3 Å². The third-order valence-electron chi connectivity index (χ3n) is 8.54. The lowest BCUT2D eigenvalue weighted by Gasteiger charge is -2.44. The van der Waals surface area contributed by atoms with Crippen LogP contribution in [0.5, 0.6) is 17.2 Å². The lowest BCUT2D eigenvalue weighted by molar-refractivity contribution is 0.426. The van der Waals surface area contributed by atoms with Crippen LogP contribution in [0.3, 0.4) is 0 Å². The van der Waals surface area contributed by atoms with Crippen molar-refractivity contribution in [3.63, 3.8) is 0 Å². The molecular weight excluding hydrogens is 504 g/mol. The van der Waals surface area contributed by atoms with E-state index >= 15 is 0 Å². The van der Waals surface area contributed by atoms with Gasteiger partial charge in [-0.2, -0.15) is 0 Å². The highest BCUT2D eigenvalue weighted by atomic mass is 16.3. The van der Waals surface area contributed by atoms with E-state index < -0.39 is 5.41 Å². The van der Waals surface area contributed by atoms with Crippen LogP contribution in [0.1, 0.15) is 80.0 Å². The van der Waals surface area contributed by atoms with Gasteiger partial charge in [-0.1, -0.05) is 124 Å². The molecule has 0 saturated carbocycles. The molecule has 1 unspecified atom stereocenters. The molecule has 0 heterocycles. The molecule has 0 spiro atoms. The van der Waals surface area contributed by atoms with Crippen molar-refractivity contribution in [1.82, 2.24) is 0 Å². The number of phenolic OH excluding ortho intramolecular Hbond substituents is 3. The maximum atomic E-state index is 10.3. The first-order valence-electron chi connectivity index (χ1n) is 14.9. The number of benzene rings is 5. The Morgan fingerprint density at radius 3 is 1.51 bits per heavy atom. The zero-order chi connectivity index (χ0) is 28.7. The van der Waals surface area contributed by atoms with Crippen LogP contribution in [0.2, 0.25) is 0 Å². The molecule has 41 heavy (non-hydrogen) atoms. The minimum Gasteiger partial charge on any atom is -0.508 e. The van der Waals surface area contributed by atoms with Gasteiger partial charge in [0.1, 0.15) is 17.2 Å². The first-order valence-corrected chi connectivity index (χ1v) is 14.9. The van der Waals surface area contributed by atoms with Crippen LogP contribution >= 0.6 is 0 Å².